The van der Waals surface area contributed by atoms with Crippen molar-refractivity contribution in [2.75, 3.05) is 5.32 Å². The molecule has 0 saturated heterocycles. The first-order chi connectivity index (χ1) is 9.41. The van der Waals surface area contributed by atoms with Gasteiger partial charge in [-0.2, -0.15) is 0 Å². The first-order valence-corrected chi connectivity index (χ1v) is 8.39. The molecular formula is C15H24N2O3S. The molecule has 1 rings (SSSR count). The van der Waals surface area contributed by atoms with Crippen LogP contribution in [0.15, 0.2) is 23.1 Å². The summed E-state index contributed by atoms with van der Waals surface area (Å²) < 4.78 is 22.7. The number of hydrogen-bond donors (Lipinski definition) is 2. The molecule has 1 aromatic rings. The molecule has 1 aromatic carbocycles. The minimum Gasteiger partial charge on any atom is -0.326 e. The highest BCUT2D eigenvalue weighted by Gasteiger charge is 2.22. The average molecular weight is 312 g/mol. The molecule has 0 fully saturated rings. The maximum Gasteiger partial charge on any atom is 0.238 e. The molecule has 0 heterocycles. The van der Waals surface area contributed by atoms with Gasteiger partial charge < -0.3 is 5.32 Å². The van der Waals surface area contributed by atoms with Gasteiger partial charge in [0.25, 0.3) is 0 Å². The zero-order chi connectivity index (χ0) is 16.4. The van der Waals surface area contributed by atoms with Crippen LogP contribution < -0.4 is 10.5 Å². The van der Waals surface area contributed by atoms with Crippen LogP contribution in [0.3, 0.4) is 0 Å². The van der Waals surface area contributed by atoms with Crippen molar-refractivity contribution in [2.24, 2.45) is 16.5 Å². The number of hydrogen-bond acceptors (Lipinski definition) is 3. The van der Waals surface area contributed by atoms with Crippen LogP contribution in [0.1, 0.15) is 39.7 Å². The lowest BCUT2D eigenvalue weighted by atomic mass is 9.80. The van der Waals surface area contributed by atoms with E-state index < -0.39 is 10.0 Å². The Kier molecular flexibility index (Phi) is 5.17. The van der Waals surface area contributed by atoms with Crippen LogP contribution in [0.5, 0.6) is 0 Å². The number of carbonyl (C=O) groups excluding carboxylic acids is 1. The highest BCUT2D eigenvalue weighted by molar-refractivity contribution is 7.89. The lowest BCUT2D eigenvalue weighted by molar-refractivity contribution is -0.117. The van der Waals surface area contributed by atoms with Crippen LogP contribution in [-0.2, 0) is 14.8 Å². The van der Waals surface area contributed by atoms with Crippen LogP contribution in [0.4, 0.5) is 5.69 Å². The minimum atomic E-state index is -3.73. The standard InChI is InChI=1S/C15H24N2O3S/c1-10-8-12(6-7-13(10)21(16,19)20)17-14(18)9-11(2)15(3,4)5/h6-8,11H,9H2,1-5H3,(H,17,18)(H2,16,19,20). The van der Waals surface area contributed by atoms with Gasteiger partial charge in [0.15, 0.2) is 0 Å². The Labute approximate surface area is 127 Å². The summed E-state index contributed by atoms with van der Waals surface area (Å²) in [7, 11) is -3.73. The van der Waals surface area contributed by atoms with Gasteiger partial charge >= 0.3 is 0 Å². The maximum absolute atomic E-state index is 12.0. The van der Waals surface area contributed by atoms with Crippen molar-refractivity contribution in [3.05, 3.63) is 23.8 Å². The maximum atomic E-state index is 12.0. The third kappa shape index (κ3) is 5.13. The Bertz CT molecular complexity index is 631. The lowest BCUT2D eigenvalue weighted by Gasteiger charge is -2.26. The summed E-state index contributed by atoms with van der Waals surface area (Å²) in [6, 6.07) is 4.57. The predicted octanol–water partition coefficient (Wildman–Crippen LogP) is 2.65. The number of carbonyl (C=O) groups is 1. The molecule has 1 atom stereocenters. The summed E-state index contributed by atoms with van der Waals surface area (Å²) >= 11 is 0. The fraction of sp³-hybridized carbons (Fsp3) is 0.533. The largest absolute Gasteiger partial charge is 0.326 e. The number of nitrogens with two attached hydrogens (primary N) is 1. The van der Waals surface area contributed by atoms with E-state index in [4.69, 9.17) is 5.14 Å². The van der Waals surface area contributed by atoms with E-state index in [1.165, 1.54) is 6.07 Å². The van der Waals surface area contributed by atoms with Crippen molar-refractivity contribution >= 4 is 21.6 Å². The third-order valence-corrected chi connectivity index (χ3v) is 4.81. The van der Waals surface area contributed by atoms with Crippen molar-refractivity contribution < 1.29 is 13.2 Å². The molecule has 5 nitrogen and oxygen atoms in total. The molecule has 0 aromatic heterocycles. The summed E-state index contributed by atoms with van der Waals surface area (Å²) in [5.41, 5.74) is 1.15. The summed E-state index contributed by atoms with van der Waals surface area (Å²) in [5, 5.41) is 7.90. The molecule has 0 aliphatic carbocycles. The fourth-order valence-electron chi connectivity index (χ4n) is 1.84. The van der Waals surface area contributed by atoms with E-state index in [2.05, 4.69) is 26.1 Å². The van der Waals surface area contributed by atoms with Gasteiger partial charge in [0.1, 0.15) is 0 Å². The second-order valence-corrected chi connectivity index (χ2v) is 8.07. The number of rotatable bonds is 4. The van der Waals surface area contributed by atoms with Gasteiger partial charge in [-0.25, -0.2) is 13.6 Å². The zero-order valence-corrected chi connectivity index (χ0v) is 14.0. The van der Waals surface area contributed by atoms with Crippen LogP contribution >= 0.6 is 0 Å². The molecule has 6 heteroatoms. The summed E-state index contributed by atoms with van der Waals surface area (Å²) in [5.74, 6) is 0.155. The molecule has 0 radical (unpaired) electrons. The third-order valence-electron chi connectivity index (χ3n) is 3.74. The van der Waals surface area contributed by atoms with Crippen molar-refractivity contribution in [3.8, 4) is 0 Å². The summed E-state index contributed by atoms with van der Waals surface area (Å²) in [6.45, 7) is 9.96. The predicted molar refractivity (Wildman–Crippen MR) is 84.4 cm³/mol. The second-order valence-electron chi connectivity index (χ2n) is 6.54. The monoisotopic (exact) mass is 312 g/mol. The Morgan fingerprint density at radius 3 is 2.33 bits per heavy atom. The van der Waals surface area contributed by atoms with E-state index in [0.29, 0.717) is 17.7 Å². The number of primary sulfonamides is 1. The number of sulfonamides is 1. The Balaban J connectivity index is 2.81. The van der Waals surface area contributed by atoms with E-state index >= 15 is 0 Å². The SMILES string of the molecule is Cc1cc(NC(=O)CC(C)C(C)(C)C)ccc1S(N)(=O)=O. The lowest BCUT2D eigenvalue weighted by Crippen LogP contribution is -2.24. The summed E-state index contributed by atoms with van der Waals surface area (Å²) in [6.07, 6.45) is 0.416. The van der Waals surface area contributed by atoms with E-state index in [9.17, 15) is 13.2 Å². The van der Waals surface area contributed by atoms with Gasteiger partial charge in [0, 0.05) is 12.1 Å². The van der Waals surface area contributed by atoms with Crippen molar-refractivity contribution in [1.82, 2.24) is 0 Å². The highest BCUT2D eigenvalue weighted by Crippen LogP contribution is 2.28. The van der Waals surface area contributed by atoms with Gasteiger partial charge in [-0.05, 0) is 42.0 Å². The molecule has 0 aliphatic rings. The number of nitrogens with one attached hydrogen (secondary N) is 1. The van der Waals surface area contributed by atoms with Crippen LogP contribution in [-0.4, -0.2) is 14.3 Å². The minimum absolute atomic E-state index is 0.0603. The van der Waals surface area contributed by atoms with Gasteiger partial charge in [0.2, 0.25) is 15.9 Å². The molecule has 0 spiro atoms. The van der Waals surface area contributed by atoms with Crippen molar-refractivity contribution in [2.45, 2.75) is 45.9 Å². The van der Waals surface area contributed by atoms with E-state index in [1.807, 2.05) is 6.92 Å². The van der Waals surface area contributed by atoms with Gasteiger partial charge in [-0.15, -0.1) is 0 Å². The smallest absolute Gasteiger partial charge is 0.238 e. The van der Waals surface area contributed by atoms with Crippen LogP contribution in [0.25, 0.3) is 0 Å². The Morgan fingerprint density at radius 1 is 1.33 bits per heavy atom. The first-order valence-electron chi connectivity index (χ1n) is 6.84. The number of amides is 1. The molecule has 21 heavy (non-hydrogen) atoms. The normalized spacial score (nSPS) is 13.8. The number of benzene rings is 1. The van der Waals surface area contributed by atoms with Crippen molar-refractivity contribution in [3.63, 3.8) is 0 Å². The van der Waals surface area contributed by atoms with Crippen molar-refractivity contribution in [1.29, 1.82) is 0 Å². The Morgan fingerprint density at radius 2 is 1.90 bits per heavy atom. The van der Waals surface area contributed by atoms with Gasteiger partial charge in [-0.3, -0.25) is 4.79 Å². The quantitative estimate of drug-likeness (QED) is 0.895. The average Bonchev–Trinajstić information content (AvgIpc) is 2.25. The van der Waals surface area contributed by atoms with Gasteiger partial charge in [0.05, 0.1) is 4.90 Å². The first kappa shape index (κ1) is 17.7. The summed E-state index contributed by atoms with van der Waals surface area (Å²) in [4.78, 5) is 12.1. The topological polar surface area (TPSA) is 89.3 Å². The van der Waals surface area contributed by atoms with E-state index in [1.54, 1.807) is 19.1 Å². The molecule has 118 valence electrons. The molecule has 1 unspecified atom stereocenters. The van der Waals surface area contributed by atoms with Crippen LogP contribution in [0.2, 0.25) is 0 Å². The fourth-order valence-corrected chi connectivity index (χ4v) is 2.61. The van der Waals surface area contributed by atoms with E-state index in [0.717, 1.165) is 0 Å². The Hall–Kier alpha value is -1.40. The van der Waals surface area contributed by atoms with E-state index in [-0.39, 0.29) is 22.1 Å². The molecule has 0 saturated carbocycles. The molecule has 0 aliphatic heterocycles. The zero-order valence-electron chi connectivity index (χ0n) is 13.2. The molecule has 0 bridgehead atoms. The molecular weight excluding hydrogens is 288 g/mol. The number of aryl methyl sites for hydroxylation is 1. The second kappa shape index (κ2) is 6.15. The molecule has 3 N–H and O–H groups in total. The number of anilines is 1. The molecule has 1 amide bonds. The highest BCUT2D eigenvalue weighted by atomic mass is 32.2. The van der Waals surface area contributed by atoms with Crippen LogP contribution in [0, 0.1) is 18.3 Å². The van der Waals surface area contributed by atoms with Gasteiger partial charge in [-0.1, -0.05) is 27.7 Å².